The van der Waals surface area contributed by atoms with Gasteiger partial charge in [0.15, 0.2) is 0 Å². The van der Waals surface area contributed by atoms with Gasteiger partial charge in [0.1, 0.15) is 0 Å². The zero-order valence-electron chi connectivity index (χ0n) is 8.03. The van der Waals surface area contributed by atoms with E-state index in [9.17, 15) is 4.79 Å². The minimum Gasteiger partial charge on any atom is -0.481 e. The molecule has 0 spiro atoms. The molecule has 1 atom stereocenters. The first-order chi connectivity index (χ1) is 6.63. The molecule has 0 bridgehead atoms. The van der Waals surface area contributed by atoms with E-state index in [1.165, 1.54) is 0 Å². The van der Waals surface area contributed by atoms with Crippen LogP contribution in [0.4, 0.5) is 0 Å². The smallest absolute Gasteiger partial charge is 0.306 e. The Hall–Kier alpha value is -1.02. The lowest BCUT2D eigenvalue weighted by atomic mass is 9.97. The lowest BCUT2D eigenvalue weighted by molar-refractivity contribution is -0.141. The predicted molar refractivity (Wildman–Crippen MR) is 56.6 cm³/mol. The molecule has 1 aromatic carbocycles. The molecule has 0 fully saturated rings. The Morgan fingerprint density at radius 3 is 2.43 bits per heavy atom. The summed E-state index contributed by atoms with van der Waals surface area (Å²) in [5, 5.41) is 9.54. The number of hydrogen-bond donors (Lipinski definition) is 1. The topological polar surface area (TPSA) is 37.3 Å². The summed E-state index contributed by atoms with van der Waals surface area (Å²) in [5.74, 6) is -1.03. The van der Waals surface area contributed by atoms with Gasteiger partial charge in [-0.25, -0.2) is 0 Å². The molecule has 0 saturated heterocycles. The summed E-state index contributed by atoms with van der Waals surface area (Å²) in [4.78, 5) is 10.8. The van der Waals surface area contributed by atoms with Gasteiger partial charge in [-0.2, -0.15) is 0 Å². The maximum absolute atomic E-state index is 10.8. The molecule has 0 radical (unpaired) electrons. The molecule has 0 aliphatic carbocycles. The number of halogens is 1. The van der Waals surface area contributed by atoms with Crippen molar-refractivity contribution in [3.63, 3.8) is 0 Å². The second kappa shape index (κ2) is 5.01. The van der Waals surface area contributed by atoms with Crippen LogP contribution in [0.5, 0.6) is 0 Å². The number of rotatable bonds is 4. The molecule has 14 heavy (non-hydrogen) atoms. The maximum atomic E-state index is 10.8. The Kier molecular flexibility index (Phi) is 3.96. The van der Waals surface area contributed by atoms with Gasteiger partial charge in [0.2, 0.25) is 0 Å². The quantitative estimate of drug-likeness (QED) is 0.833. The molecular formula is C11H13ClO2. The Bertz CT molecular complexity index is 306. The van der Waals surface area contributed by atoms with E-state index in [0.717, 1.165) is 5.56 Å². The van der Waals surface area contributed by atoms with Gasteiger partial charge in [-0.1, -0.05) is 30.7 Å². The van der Waals surface area contributed by atoms with Crippen LogP contribution in [0.3, 0.4) is 0 Å². The second-order valence-corrected chi connectivity index (χ2v) is 3.71. The molecule has 2 nitrogen and oxygen atoms in total. The summed E-state index contributed by atoms with van der Waals surface area (Å²) >= 11 is 5.73. The summed E-state index contributed by atoms with van der Waals surface area (Å²) in [6, 6.07) is 7.30. The number of carboxylic acids is 1. The lowest BCUT2D eigenvalue weighted by Crippen LogP contribution is -2.15. The minimum absolute atomic E-state index is 0.295. The van der Waals surface area contributed by atoms with Gasteiger partial charge in [0, 0.05) is 5.02 Å². The normalized spacial score (nSPS) is 12.4. The molecule has 0 unspecified atom stereocenters. The number of hydrogen-bond acceptors (Lipinski definition) is 1. The maximum Gasteiger partial charge on any atom is 0.306 e. The van der Waals surface area contributed by atoms with Crippen LogP contribution in [0.2, 0.25) is 5.02 Å². The van der Waals surface area contributed by atoms with Crippen LogP contribution in [0.15, 0.2) is 24.3 Å². The fourth-order valence-electron chi connectivity index (χ4n) is 1.31. The zero-order chi connectivity index (χ0) is 10.6. The predicted octanol–water partition coefficient (Wildman–Crippen LogP) is 2.99. The van der Waals surface area contributed by atoms with Crippen LogP contribution in [0.1, 0.15) is 18.9 Å². The molecule has 1 aromatic rings. The van der Waals surface area contributed by atoms with E-state index in [0.29, 0.717) is 17.9 Å². The van der Waals surface area contributed by atoms with Crippen molar-refractivity contribution in [2.75, 3.05) is 0 Å². The van der Waals surface area contributed by atoms with Gasteiger partial charge >= 0.3 is 5.97 Å². The molecule has 0 saturated carbocycles. The molecule has 0 aliphatic rings. The van der Waals surface area contributed by atoms with Gasteiger partial charge in [-0.3, -0.25) is 4.79 Å². The highest BCUT2D eigenvalue weighted by molar-refractivity contribution is 6.30. The molecule has 0 amide bonds. The third-order valence-electron chi connectivity index (χ3n) is 2.24. The number of benzene rings is 1. The van der Waals surface area contributed by atoms with Crippen molar-refractivity contribution in [2.24, 2.45) is 5.92 Å². The zero-order valence-corrected chi connectivity index (χ0v) is 8.79. The Balaban J connectivity index is 2.67. The summed E-state index contributed by atoms with van der Waals surface area (Å²) < 4.78 is 0. The Morgan fingerprint density at radius 1 is 1.43 bits per heavy atom. The fraction of sp³-hybridized carbons (Fsp3) is 0.364. The third-order valence-corrected chi connectivity index (χ3v) is 2.49. The Morgan fingerprint density at radius 2 is 2.00 bits per heavy atom. The first-order valence-electron chi connectivity index (χ1n) is 4.60. The highest BCUT2D eigenvalue weighted by Gasteiger charge is 2.14. The van der Waals surface area contributed by atoms with Crippen molar-refractivity contribution in [1.29, 1.82) is 0 Å². The highest BCUT2D eigenvalue weighted by Crippen LogP contribution is 2.15. The van der Waals surface area contributed by atoms with Crippen LogP contribution in [0.25, 0.3) is 0 Å². The fourth-order valence-corrected chi connectivity index (χ4v) is 1.44. The summed E-state index contributed by atoms with van der Waals surface area (Å²) in [6.45, 7) is 1.88. The SMILES string of the molecule is CC[C@H](Cc1ccc(Cl)cc1)C(=O)O. The van der Waals surface area contributed by atoms with E-state index in [-0.39, 0.29) is 5.92 Å². The van der Waals surface area contributed by atoms with Gasteiger partial charge in [-0.05, 0) is 30.5 Å². The van der Waals surface area contributed by atoms with E-state index in [1.54, 1.807) is 12.1 Å². The third kappa shape index (κ3) is 3.04. The minimum atomic E-state index is -0.734. The van der Waals surface area contributed by atoms with Crippen LogP contribution in [0, 0.1) is 5.92 Å². The van der Waals surface area contributed by atoms with Crippen molar-refractivity contribution >= 4 is 17.6 Å². The summed E-state index contributed by atoms with van der Waals surface area (Å²) in [6.07, 6.45) is 1.22. The molecule has 0 aromatic heterocycles. The molecule has 76 valence electrons. The van der Waals surface area contributed by atoms with Crippen molar-refractivity contribution in [2.45, 2.75) is 19.8 Å². The largest absolute Gasteiger partial charge is 0.481 e. The van der Waals surface area contributed by atoms with E-state index >= 15 is 0 Å². The first kappa shape index (κ1) is 11.1. The molecule has 0 aliphatic heterocycles. The van der Waals surface area contributed by atoms with Crippen LogP contribution in [-0.2, 0) is 11.2 Å². The molecule has 0 heterocycles. The van der Waals surface area contributed by atoms with Crippen molar-refractivity contribution in [1.82, 2.24) is 0 Å². The van der Waals surface area contributed by atoms with Crippen LogP contribution < -0.4 is 0 Å². The molecular weight excluding hydrogens is 200 g/mol. The van der Waals surface area contributed by atoms with Gasteiger partial charge in [-0.15, -0.1) is 0 Å². The standard InChI is InChI=1S/C11H13ClO2/c1-2-9(11(13)14)7-8-3-5-10(12)6-4-8/h3-6,9H,2,7H2,1H3,(H,13,14)/t9-/m1/s1. The first-order valence-corrected chi connectivity index (χ1v) is 4.98. The van der Waals surface area contributed by atoms with Gasteiger partial charge in [0.05, 0.1) is 5.92 Å². The monoisotopic (exact) mass is 212 g/mol. The van der Waals surface area contributed by atoms with E-state index in [1.807, 2.05) is 19.1 Å². The van der Waals surface area contributed by atoms with Crippen LogP contribution >= 0.6 is 11.6 Å². The van der Waals surface area contributed by atoms with Gasteiger partial charge < -0.3 is 5.11 Å². The van der Waals surface area contributed by atoms with Crippen LogP contribution in [-0.4, -0.2) is 11.1 Å². The Labute approximate surface area is 88.5 Å². The highest BCUT2D eigenvalue weighted by atomic mass is 35.5. The lowest BCUT2D eigenvalue weighted by Gasteiger charge is -2.09. The number of carboxylic acid groups (broad SMARTS) is 1. The van der Waals surface area contributed by atoms with E-state index in [2.05, 4.69) is 0 Å². The van der Waals surface area contributed by atoms with Gasteiger partial charge in [0.25, 0.3) is 0 Å². The summed E-state index contributed by atoms with van der Waals surface area (Å²) in [7, 11) is 0. The molecule has 3 heteroatoms. The summed E-state index contributed by atoms with van der Waals surface area (Å²) in [5.41, 5.74) is 1.02. The van der Waals surface area contributed by atoms with Crippen molar-refractivity contribution in [3.8, 4) is 0 Å². The second-order valence-electron chi connectivity index (χ2n) is 3.27. The number of carbonyl (C=O) groups is 1. The average molecular weight is 213 g/mol. The van der Waals surface area contributed by atoms with E-state index in [4.69, 9.17) is 16.7 Å². The average Bonchev–Trinajstić information content (AvgIpc) is 2.16. The van der Waals surface area contributed by atoms with Crippen molar-refractivity contribution in [3.05, 3.63) is 34.9 Å². The molecule has 1 rings (SSSR count). The van der Waals surface area contributed by atoms with E-state index < -0.39 is 5.97 Å². The van der Waals surface area contributed by atoms with Crippen molar-refractivity contribution < 1.29 is 9.90 Å². The number of aliphatic carboxylic acids is 1. The molecule has 1 N–H and O–H groups in total.